The minimum Gasteiger partial charge on any atom is -0.166 e. The van der Waals surface area contributed by atoms with Gasteiger partial charge in [-0.05, 0) is 23.8 Å². The van der Waals surface area contributed by atoms with Gasteiger partial charge in [-0.25, -0.2) is 0 Å². The number of hydrogen-bond acceptors (Lipinski definition) is 0. The molecule has 0 unspecified atom stereocenters. The number of halogens is 7. The number of hydrogen-bond donors (Lipinski definition) is 0. The van der Waals surface area contributed by atoms with E-state index in [1.807, 2.05) is 0 Å². The number of rotatable bonds is 1. The molecule has 0 aliphatic carbocycles. The standard InChI is InChI=1S/C13H5Cl4F3/c14-9-3-1-6(5-8(9)13(18,19)20)7-2-4-10(15)12(17)11(7)16/h1-5H. The van der Waals surface area contributed by atoms with E-state index >= 15 is 0 Å². The molecule has 106 valence electrons. The quantitative estimate of drug-likeness (QED) is 0.481. The molecule has 0 amide bonds. The Labute approximate surface area is 133 Å². The predicted octanol–water partition coefficient (Wildman–Crippen LogP) is 6.99. The largest absolute Gasteiger partial charge is 0.417 e. The van der Waals surface area contributed by atoms with Gasteiger partial charge in [-0.1, -0.05) is 58.5 Å². The second-order valence-electron chi connectivity index (χ2n) is 3.92. The van der Waals surface area contributed by atoms with Crippen LogP contribution in [-0.4, -0.2) is 0 Å². The van der Waals surface area contributed by atoms with Gasteiger partial charge in [0.05, 0.1) is 25.7 Å². The summed E-state index contributed by atoms with van der Waals surface area (Å²) in [5.41, 5.74) is -0.327. The average Bonchev–Trinajstić information content (AvgIpc) is 2.36. The third kappa shape index (κ3) is 3.01. The molecule has 0 fully saturated rings. The minimum absolute atomic E-state index is 0.0920. The lowest BCUT2D eigenvalue weighted by atomic mass is 10.0. The molecule has 0 saturated heterocycles. The van der Waals surface area contributed by atoms with Crippen LogP contribution in [0.5, 0.6) is 0 Å². The van der Waals surface area contributed by atoms with Crippen molar-refractivity contribution in [2.45, 2.75) is 6.18 Å². The van der Waals surface area contributed by atoms with E-state index in [1.54, 1.807) is 0 Å². The van der Waals surface area contributed by atoms with Crippen LogP contribution in [-0.2, 0) is 6.18 Å². The van der Waals surface area contributed by atoms with Gasteiger partial charge in [0.15, 0.2) is 0 Å². The molecule has 0 spiro atoms. The molecule has 2 aromatic rings. The Morgan fingerprint density at radius 1 is 0.750 bits per heavy atom. The Hall–Kier alpha value is -0.610. The predicted molar refractivity (Wildman–Crippen MR) is 76.9 cm³/mol. The Kier molecular flexibility index (Phi) is 4.45. The Bertz CT molecular complexity index is 665. The summed E-state index contributed by atoms with van der Waals surface area (Å²) in [6, 6.07) is 6.49. The van der Waals surface area contributed by atoms with E-state index in [2.05, 4.69) is 0 Å². The number of benzene rings is 2. The second kappa shape index (κ2) is 5.64. The van der Waals surface area contributed by atoms with Gasteiger partial charge >= 0.3 is 6.18 Å². The summed E-state index contributed by atoms with van der Waals surface area (Å²) < 4.78 is 38.5. The molecular weight excluding hydrogens is 355 g/mol. The Morgan fingerprint density at radius 2 is 1.35 bits per heavy atom. The molecule has 0 radical (unpaired) electrons. The molecule has 0 atom stereocenters. The zero-order valence-electron chi connectivity index (χ0n) is 9.53. The van der Waals surface area contributed by atoms with Crippen molar-refractivity contribution in [2.75, 3.05) is 0 Å². The molecule has 0 bridgehead atoms. The maximum Gasteiger partial charge on any atom is 0.417 e. The molecule has 0 nitrogen and oxygen atoms in total. The van der Waals surface area contributed by atoms with E-state index < -0.39 is 11.7 Å². The van der Waals surface area contributed by atoms with Crippen LogP contribution < -0.4 is 0 Å². The van der Waals surface area contributed by atoms with Crippen molar-refractivity contribution in [3.63, 3.8) is 0 Å². The highest BCUT2D eigenvalue weighted by Gasteiger charge is 2.33. The molecular formula is C13H5Cl4F3. The average molecular weight is 360 g/mol. The fourth-order valence-corrected chi connectivity index (χ4v) is 2.53. The van der Waals surface area contributed by atoms with E-state index in [1.165, 1.54) is 24.3 Å². The molecule has 0 heterocycles. The van der Waals surface area contributed by atoms with Gasteiger partial charge in [0.25, 0.3) is 0 Å². The maximum absolute atomic E-state index is 12.8. The summed E-state index contributed by atoms with van der Waals surface area (Å²) in [5, 5.41) is 0.0341. The summed E-state index contributed by atoms with van der Waals surface area (Å²) in [4.78, 5) is 0. The molecule has 20 heavy (non-hydrogen) atoms. The van der Waals surface area contributed by atoms with E-state index in [0.717, 1.165) is 6.07 Å². The van der Waals surface area contributed by atoms with E-state index in [0.29, 0.717) is 5.56 Å². The van der Waals surface area contributed by atoms with Crippen LogP contribution in [0.15, 0.2) is 30.3 Å². The zero-order valence-corrected chi connectivity index (χ0v) is 12.6. The van der Waals surface area contributed by atoms with Gasteiger partial charge in [0.2, 0.25) is 0 Å². The van der Waals surface area contributed by atoms with E-state index in [4.69, 9.17) is 46.4 Å². The van der Waals surface area contributed by atoms with Crippen LogP contribution in [0.1, 0.15) is 5.56 Å². The van der Waals surface area contributed by atoms with Crippen LogP contribution in [0.25, 0.3) is 11.1 Å². The summed E-state index contributed by atoms with van der Waals surface area (Å²) in [7, 11) is 0. The maximum atomic E-state index is 12.8. The lowest BCUT2D eigenvalue weighted by Crippen LogP contribution is -2.06. The van der Waals surface area contributed by atoms with Crippen LogP contribution in [0.4, 0.5) is 13.2 Å². The SMILES string of the molecule is FC(F)(F)c1cc(-c2ccc(Cl)c(Cl)c2Cl)ccc1Cl. The van der Waals surface area contributed by atoms with Crippen LogP contribution in [0.2, 0.25) is 20.1 Å². The first-order valence-corrected chi connectivity index (χ1v) is 6.73. The molecule has 2 aromatic carbocycles. The Balaban J connectivity index is 2.63. The smallest absolute Gasteiger partial charge is 0.166 e. The third-order valence-corrected chi connectivity index (χ3v) is 4.24. The van der Waals surface area contributed by atoms with Gasteiger partial charge in [-0.3, -0.25) is 0 Å². The van der Waals surface area contributed by atoms with Crippen molar-refractivity contribution in [3.8, 4) is 11.1 Å². The fourth-order valence-electron chi connectivity index (χ4n) is 1.66. The van der Waals surface area contributed by atoms with E-state index in [-0.39, 0.29) is 25.7 Å². The zero-order chi connectivity index (χ0) is 15.1. The molecule has 0 aliphatic heterocycles. The monoisotopic (exact) mass is 358 g/mol. The van der Waals surface area contributed by atoms with Gasteiger partial charge in [0.1, 0.15) is 0 Å². The summed E-state index contributed by atoms with van der Waals surface area (Å²) in [6.07, 6.45) is -4.55. The number of alkyl halides is 3. The molecule has 2 rings (SSSR count). The van der Waals surface area contributed by atoms with Crippen molar-refractivity contribution in [1.29, 1.82) is 0 Å². The summed E-state index contributed by atoms with van der Waals surface area (Å²) >= 11 is 23.2. The van der Waals surface area contributed by atoms with Crippen molar-refractivity contribution in [3.05, 3.63) is 56.0 Å². The lowest BCUT2D eigenvalue weighted by molar-refractivity contribution is -0.137. The van der Waals surface area contributed by atoms with Gasteiger partial charge in [-0.2, -0.15) is 13.2 Å². The van der Waals surface area contributed by atoms with Crippen molar-refractivity contribution >= 4 is 46.4 Å². The lowest BCUT2D eigenvalue weighted by Gasteiger charge is -2.12. The van der Waals surface area contributed by atoms with Crippen LogP contribution in [0.3, 0.4) is 0 Å². The first-order chi connectivity index (χ1) is 9.21. The second-order valence-corrected chi connectivity index (χ2v) is 5.49. The van der Waals surface area contributed by atoms with Gasteiger partial charge in [-0.15, -0.1) is 0 Å². The van der Waals surface area contributed by atoms with Crippen molar-refractivity contribution in [1.82, 2.24) is 0 Å². The summed E-state index contributed by atoms with van der Waals surface area (Å²) in [5.74, 6) is 0. The van der Waals surface area contributed by atoms with Gasteiger partial charge < -0.3 is 0 Å². The molecule has 0 aliphatic rings. The van der Waals surface area contributed by atoms with E-state index in [9.17, 15) is 13.2 Å². The normalized spacial score (nSPS) is 11.8. The van der Waals surface area contributed by atoms with Crippen molar-refractivity contribution < 1.29 is 13.2 Å². The minimum atomic E-state index is -4.55. The van der Waals surface area contributed by atoms with Crippen molar-refractivity contribution in [2.24, 2.45) is 0 Å². The van der Waals surface area contributed by atoms with Crippen LogP contribution >= 0.6 is 46.4 Å². The molecule has 0 saturated carbocycles. The Morgan fingerprint density at radius 3 is 1.95 bits per heavy atom. The molecule has 0 aromatic heterocycles. The first kappa shape index (κ1) is 15.8. The van der Waals surface area contributed by atoms with Gasteiger partial charge in [0, 0.05) is 5.56 Å². The van der Waals surface area contributed by atoms with Crippen LogP contribution in [0, 0.1) is 0 Å². The molecule has 0 N–H and O–H groups in total. The molecule has 7 heteroatoms. The summed E-state index contributed by atoms with van der Waals surface area (Å²) in [6.45, 7) is 0. The highest BCUT2D eigenvalue weighted by molar-refractivity contribution is 6.49. The third-order valence-electron chi connectivity index (χ3n) is 2.62. The fraction of sp³-hybridized carbons (Fsp3) is 0.0769. The topological polar surface area (TPSA) is 0 Å². The first-order valence-electron chi connectivity index (χ1n) is 5.22. The highest BCUT2D eigenvalue weighted by Crippen LogP contribution is 2.41. The highest BCUT2D eigenvalue weighted by atomic mass is 35.5.